The number of benzene rings is 1. The van der Waals surface area contributed by atoms with Crippen LogP contribution in [0.15, 0.2) is 24.3 Å². The van der Waals surface area contributed by atoms with E-state index >= 15 is 0 Å². The highest BCUT2D eigenvalue weighted by molar-refractivity contribution is 5.95. The smallest absolute Gasteiger partial charge is 0.355 e. The predicted molar refractivity (Wildman–Crippen MR) is 121 cm³/mol. The molecular formula is C25H34N2O4. The summed E-state index contributed by atoms with van der Waals surface area (Å²) < 4.78 is 10.7. The van der Waals surface area contributed by atoms with Crippen molar-refractivity contribution in [2.24, 2.45) is 0 Å². The Bertz CT molecular complexity index is 895. The molecule has 0 spiro atoms. The molecule has 1 amide bonds. The second-order valence-corrected chi connectivity index (χ2v) is 8.13. The van der Waals surface area contributed by atoms with Crippen molar-refractivity contribution in [2.45, 2.75) is 72.4 Å². The number of H-pyrrole nitrogens is 1. The molecule has 1 heterocycles. The Morgan fingerprint density at radius 3 is 2.32 bits per heavy atom. The number of ether oxygens (including phenoxy) is 2. The van der Waals surface area contributed by atoms with E-state index in [-0.39, 0.29) is 17.9 Å². The van der Waals surface area contributed by atoms with Crippen LogP contribution in [0.5, 0.6) is 5.75 Å². The van der Waals surface area contributed by atoms with Gasteiger partial charge in [-0.15, -0.1) is 0 Å². The number of rotatable bonds is 8. The van der Waals surface area contributed by atoms with Gasteiger partial charge in [0, 0.05) is 23.8 Å². The predicted octanol–water partition coefficient (Wildman–Crippen LogP) is 5.18. The molecule has 1 fully saturated rings. The number of aromatic amines is 1. The molecule has 6 nitrogen and oxygen atoms in total. The third-order valence-electron chi connectivity index (χ3n) is 6.09. The standard InChI is InChI=1S/C25H34N2O4/c1-5-30-21-14-12-19(13-15-21)24(28)27(20-10-8-7-9-11-20)16-22-17(3)23(26-18(22)4)25(29)31-6-2/h12-15,20,26H,5-11,16H2,1-4H3. The number of aromatic nitrogens is 1. The van der Waals surface area contributed by atoms with Gasteiger partial charge in [0.1, 0.15) is 11.4 Å². The van der Waals surface area contributed by atoms with Crippen molar-refractivity contribution < 1.29 is 19.1 Å². The summed E-state index contributed by atoms with van der Waals surface area (Å²) in [5.41, 5.74) is 3.89. The molecule has 0 bridgehead atoms. The van der Waals surface area contributed by atoms with Crippen LogP contribution in [-0.2, 0) is 11.3 Å². The highest BCUT2D eigenvalue weighted by Gasteiger charge is 2.29. The third-order valence-corrected chi connectivity index (χ3v) is 6.09. The van der Waals surface area contributed by atoms with Crippen LogP contribution in [0.2, 0.25) is 0 Å². The van der Waals surface area contributed by atoms with Gasteiger partial charge in [0.15, 0.2) is 0 Å². The van der Waals surface area contributed by atoms with Crippen LogP contribution in [0.1, 0.15) is 83.6 Å². The van der Waals surface area contributed by atoms with Crippen molar-refractivity contribution >= 4 is 11.9 Å². The topological polar surface area (TPSA) is 71.6 Å². The molecule has 0 saturated heterocycles. The van der Waals surface area contributed by atoms with Gasteiger partial charge in [-0.1, -0.05) is 19.3 Å². The van der Waals surface area contributed by atoms with Gasteiger partial charge >= 0.3 is 5.97 Å². The maximum atomic E-state index is 13.6. The van der Waals surface area contributed by atoms with Gasteiger partial charge in [0.05, 0.1) is 13.2 Å². The first-order valence-corrected chi connectivity index (χ1v) is 11.3. The van der Waals surface area contributed by atoms with E-state index in [4.69, 9.17) is 9.47 Å². The van der Waals surface area contributed by atoms with Gasteiger partial charge in [-0.25, -0.2) is 4.79 Å². The number of nitrogens with one attached hydrogen (secondary N) is 1. The molecule has 31 heavy (non-hydrogen) atoms. The van der Waals surface area contributed by atoms with Gasteiger partial charge in [-0.2, -0.15) is 0 Å². The molecule has 1 aromatic heterocycles. The summed E-state index contributed by atoms with van der Waals surface area (Å²) in [7, 11) is 0. The molecule has 2 aromatic rings. The maximum absolute atomic E-state index is 13.6. The highest BCUT2D eigenvalue weighted by Crippen LogP contribution is 2.29. The van der Waals surface area contributed by atoms with E-state index < -0.39 is 0 Å². The van der Waals surface area contributed by atoms with Crippen molar-refractivity contribution in [3.63, 3.8) is 0 Å². The van der Waals surface area contributed by atoms with Crippen molar-refractivity contribution in [3.8, 4) is 5.75 Å². The van der Waals surface area contributed by atoms with Crippen LogP contribution in [0.25, 0.3) is 0 Å². The number of hydrogen-bond acceptors (Lipinski definition) is 4. The summed E-state index contributed by atoms with van der Waals surface area (Å²) in [4.78, 5) is 31.0. The fourth-order valence-electron chi connectivity index (χ4n) is 4.39. The Balaban J connectivity index is 1.89. The quantitative estimate of drug-likeness (QED) is 0.590. The van der Waals surface area contributed by atoms with Crippen molar-refractivity contribution in [2.75, 3.05) is 13.2 Å². The number of esters is 1. The molecule has 1 N–H and O–H groups in total. The number of aryl methyl sites for hydroxylation is 1. The molecule has 6 heteroatoms. The molecule has 0 unspecified atom stereocenters. The largest absolute Gasteiger partial charge is 0.494 e. The number of carbonyl (C=O) groups excluding carboxylic acids is 2. The number of hydrogen-bond donors (Lipinski definition) is 1. The second kappa shape index (κ2) is 10.5. The maximum Gasteiger partial charge on any atom is 0.355 e. The Morgan fingerprint density at radius 2 is 1.71 bits per heavy atom. The van der Waals surface area contributed by atoms with Crippen LogP contribution < -0.4 is 4.74 Å². The Labute approximate surface area is 184 Å². The minimum Gasteiger partial charge on any atom is -0.494 e. The van der Waals surface area contributed by atoms with E-state index in [1.165, 1.54) is 6.42 Å². The average molecular weight is 427 g/mol. The summed E-state index contributed by atoms with van der Waals surface area (Å²) in [5.74, 6) is 0.434. The molecule has 3 rings (SSSR count). The minimum absolute atomic E-state index is 0.0210. The van der Waals surface area contributed by atoms with E-state index in [1.807, 2.05) is 49.9 Å². The zero-order valence-electron chi connectivity index (χ0n) is 19.1. The molecule has 0 aliphatic heterocycles. The Morgan fingerprint density at radius 1 is 1.03 bits per heavy atom. The zero-order chi connectivity index (χ0) is 22.4. The van der Waals surface area contributed by atoms with E-state index in [2.05, 4.69) is 4.98 Å². The normalized spacial score (nSPS) is 14.3. The molecule has 1 aromatic carbocycles. The SMILES string of the molecule is CCOC(=O)c1[nH]c(C)c(CN(C(=O)c2ccc(OCC)cc2)C2CCCCC2)c1C. The van der Waals surface area contributed by atoms with E-state index in [0.29, 0.717) is 31.0 Å². The molecular weight excluding hydrogens is 392 g/mol. The molecule has 0 radical (unpaired) electrons. The lowest BCUT2D eigenvalue weighted by atomic mass is 9.93. The van der Waals surface area contributed by atoms with E-state index in [0.717, 1.165) is 48.3 Å². The van der Waals surface area contributed by atoms with Gasteiger partial charge in [-0.05, 0) is 75.9 Å². The van der Waals surface area contributed by atoms with Crippen LogP contribution >= 0.6 is 0 Å². The van der Waals surface area contributed by atoms with E-state index in [1.54, 1.807) is 6.92 Å². The lowest BCUT2D eigenvalue weighted by Crippen LogP contribution is -2.41. The molecule has 1 saturated carbocycles. The van der Waals surface area contributed by atoms with Crippen molar-refractivity contribution in [1.29, 1.82) is 0 Å². The lowest BCUT2D eigenvalue weighted by molar-refractivity contribution is 0.0519. The van der Waals surface area contributed by atoms with E-state index in [9.17, 15) is 9.59 Å². The van der Waals surface area contributed by atoms with Crippen molar-refractivity contribution in [3.05, 3.63) is 52.3 Å². The minimum atomic E-state index is -0.351. The first-order chi connectivity index (χ1) is 15.0. The van der Waals surface area contributed by atoms with Gasteiger partial charge in [0.2, 0.25) is 0 Å². The summed E-state index contributed by atoms with van der Waals surface area (Å²) in [6.45, 7) is 9.01. The number of carbonyl (C=O) groups is 2. The van der Waals surface area contributed by atoms with Crippen LogP contribution in [-0.4, -0.2) is 41.0 Å². The number of amides is 1. The van der Waals surface area contributed by atoms with Gasteiger partial charge in [0.25, 0.3) is 5.91 Å². The van der Waals surface area contributed by atoms with Crippen LogP contribution in [0.4, 0.5) is 0 Å². The van der Waals surface area contributed by atoms with Crippen LogP contribution in [0, 0.1) is 13.8 Å². The van der Waals surface area contributed by atoms with Gasteiger partial charge in [-0.3, -0.25) is 4.79 Å². The zero-order valence-corrected chi connectivity index (χ0v) is 19.1. The molecule has 1 aliphatic carbocycles. The third kappa shape index (κ3) is 5.30. The number of nitrogens with zero attached hydrogens (tertiary/aromatic N) is 1. The summed E-state index contributed by atoms with van der Waals surface area (Å²) in [6.07, 6.45) is 5.51. The fourth-order valence-corrected chi connectivity index (χ4v) is 4.39. The Hall–Kier alpha value is -2.76. The first kappa shape index (κ1) is 22.9. The first-order valence-electron chi connectivity index (χ1n) is 11.3. The second-order valence-electron chi connectivity index (χ2n) is 8.13. The molecule has 0 atom stereocenters. The van der Waals surface area contributed by atoms with Gasteiger partial charge < -0.3 is 19.4 Å². The monoisotopic (exact) mass is 426 g/mol. The molecule has 168 valence electrons. The average Bonchev–Trinajstić information content (AvgIpc) is 3.06. The summed E-state index contributed by atoms with van der Waals surface area (Å²) in [5, 5.41) is 0. The van der Waals surface area contributed by atoms with Crippen molar-refractivity contribution in [1.82, 2.24) is 9.88 Å². The summed E-state index contributed by atoms with van der Waals surface area (Å²) in [6, 6.07) is 7.57. The molecule has 1 aliphatic rings. The lowest BCUT2D eigenvalue weighted by Gasteiger charge is -2.35. The van der Waals surface area contributed by atoms with Crippen LogP contribution in [0.3, 0.4) is 0 Å². The fraction of sp³-hybridized carbons (Fsp3) is 0.520. The highest BCUT2D eigenvalue weighted by atomic mass is 16.5. The summed E-state index contributed by atoms with van der Waals surface area (Å²) >= 11 is 0. The Kier molecular flexibility index (Phi) is 7.77.